The Morgan fingerprint density at radius 2 is 2.15 bits per heavy atom. The summed E-state index contributed by atoms with van der Waals surface area (Å²) in [5.41, 5.74) is -1.69. The number of halogens is 3. The molecule has 5 rings (SSSR count). The molecule has 0 spiro atoms. The highest BCUT2D eigenvalue weighted by Gasteiger charge is 2.50. The van der Waals surface area contributed by atoms with Gasteiger partial charge in [0.05, 0.1) is 44.0 Å². The second-order valence-corrected chi connectivity index (χ2v) is 8.44. The molecule has 0 bridgehead atoms. The van der Waals surface area contributed by atoms with Gasteiger partial charge < -0.3 is 24.3 Å². The van der Waals surface area contributed by atoms with Gasteiger partial charge in [-0.05, 0) is 7.05 Å². The van der Waals surface area contributed by atoms with E-state index in [1.54, 1.807) is 0 Å². The monoisotopic (exact) mass is 481 g/mol. The van der Waals surface area contributed by atoms with Crippen molar-refractivity contribution in [1.29, 1.82) is 0 Å². The van der Waals surface area contributed by atoms with Crippen LogP contribution >= 0.6 is 0 Å². The Morgan fingerprint density at radius 3 is 2.91 bits per heavy atom. The van der Waals surface area contributed by atoms with Crippen molar-refractivity contribution >= 4 is 16.7 Å². The van der Waals surface area contributed by atoms with Crippen molar-refractivity contribution in [3.8, 4) is 5.69 Å². The van der Waals surface area contributed by atoms with Crippen LogP contribution in [0.4, 0.5) is 19.0 Å². The number of ether oxygens (including phenoxy) is 2. The zero-order chi connectivity index (χ0) is 24.0. The summed E-state index contributed by atoms with van der Waals surface area (Å²) in [5.74, 6) is -3.87. The van der Waals surface area contributed by atoms with E-state index in [9.17, 15) is 22.8 Å². The number of hydrogen-bond acceptors (Lipinski definition) is 8. The Labute approximate surface area is 190 Å². The molecule has 0 saturated carbocycles. The van der Waals surface area contributed by atoms with Gasteiger partial charge >= 0.3 is 5.69 Å². The van der Waals surface area contributed by atoms with Gasteiger partial charge in [-0.1, -0.05) is 0 Å². The maximum Gasteiger partial charge on any atom is 0.325 e. The fourth-order valence-electron chi connectivity index (χ4n) is 4.19. The third-order valence-corrected chi connectivity index (χ3v) is 5.91. The fourth-order valence-corrected chi connectivity index (χ4v) is 4.19. The molecule has 11 nitrogen and oxygen atoms in total. The molecule has 2 aliphatic heterocycles. The molecule has 2 aliphatic rings. The number of rotatable bonds is 5. The van der Waals surface area contributed by atoms with E-state index < -0.39 is 35.6 Å². The molecular formula is C20H22F3N7O4. The second kappa shape index (κ2) is 8.52. The predicted octanol–water partition coefficient (Wildman–Crippen LogP) is 0.107. The van der Waals surface area contributed by atoms with Gasteiger partial charge in [0, 0.05) is 25.5 Å². The van der Waals surface area contributed by atoms with Crippen LogP contribution in [0.1, 0.15) is 0 Å². The van der Waals surface area contributed by atoms with Crippen LogP contribution < -0.4 is 16.1 Å². The smallest absolute Gasteiger partial charge is 0.325 e. The maximum absolute atomic E-state index is 14.8. The number of nitrogens with zero attached hydrogens (tertiary/aromatic N) is 5. The maximum atomic E-state index is 14.8. The molecule has 5 heterocycles. The molecule has 2 fully saturated rings. The molecule has 2 N–H and O–H groups in total. The number of aromatic nitrogens is 5. The van der Waals surface area contributed by atoms with Gasteiger partial charge in [-0.2, -0.15) is 5.10 Å². The zero-order valence-electron chi connectivity index (χ0n) is 18.1. The van der Waals surface area contributed by atoms with Crippen molar-refractivity contribution < 1.29 is 22.6 Å². The number of nitrogens with one attached hydrogen (secondary N) is 2. The van der Waals surface area contributed by atoms with Crippen molar-refractivity contribution in [2.45, 2.75) is 18.1 Å². The molecule has 3 aromatic rings. The largest absolute Gasteiger partial charge is 0.373 e. The average molecular weight is 481 g/mol. The quantitative estimate of drug-likeness (QED) is 0.527. The van der Waals surface area contributed by atoms with E-state index in [-0.39, 0.29) is 41.7 Å². The highest BCUT2D eigenvalue weighted by Crippen LogP contribution is 2.36. The van der Waals surface area contributed by atoms with Crippen LogP contribution in [-0.4, -0.2) is 94.2 Å². The topological polar surface area (TPSA) is 121 Å². The SMILES string of the molecule is CN1CCOC(COC2CN(c3ncc(F)c4nn(-c5c[nH]c(=O)[nH]c5=O)cc34)CC2(F)F)C1. The Morgan fingerprint density at radius 1 is 1.32 bits per heavy atom. The Bertz CT molecular complexity index is 1320. The molecular weight excluding hydrogens is 459 g/mol. The molecule has 2 saturated heterocycles. The normalized spacial score (nSPS) is 23.1. The van der Waals surface area contributed by atoms with E-state index >= 15 is 0 Å². The molecule has 0 amide bonds. The first-order valence-corrected chi connectivity index (χ1v) is 10.6. The minimum absolute atomic E-state index is 0.0254. The van der Waals surface area contributed by atoms with Crippen molar-refractivity contribution in [2.24, 2.45) is 0 Å². The van der Waals surface area contributed by atoms with Crippen LogP contribution in [0.15, 0.2) is 28.2 Å². The van der Waals surface area contributed by atoms with E-state index in [0.717, 1.165) is 23.6 Å². The van der Waals surface area contributed by atoms with Gasteiger partial charge in [-0.25, -0.2) is 27.6 Å². The fraction of sp³-hybridized carbons (Fsp3) is 0.500. The van der Waals surface area contributed by atoms with Gasteiger partial charge in [0.1, 0.15) is 23.1 Å². The Kier molecular flexibility index (Phi) is 5.65. The van der Waals surface area contributed by atoms with Crippen LogP contribution in [0.2, 0.25) is 0 Å². The minimum atomic E-state index is -3.17. The number of likely N-dealkylation sites (N-methyl/N-ethyl adjacent to an activating group) is 1. The van der Waals surface area contributed by atoms with Gasteiger partial charge in [0.25, 0.3) is 11.5 Å². The molecule has 182 valence electrons. The molecule has 2 atom stereocenters. The van der Waals surface area contributed by atoms with Crippen LogP contribution in [0, 0.1) is 5.82 Å². The lowest BCUT2D eigenvalue weighted by atomic mass is 10.2. The highest BCUT2D eigenvalue weighted by atomic mass is 19.3. The molecule has 14 heteroatoms. The van der Waals surface area contributed by atoms with Crippen molar-refractivity contribution in [2.75, 3.05) is 51.3 Å². The second-order valence-electron chi connectivity index (χ2n) is 8.44. The Balaban J connectivity index is 1.41. The molecule has 2 unspecified atom stereocenters. The summed E-state index contributed by atoms with van der Waals surface area (Å²) >= 11 is 0. The first kappa shape index (κ1) is 22.6. The van der Waals surface area contributed by atoms with E-state index in [4.69, 9.17) is 9.47 Å². The minimum Gasteiger partial charge on any atom is -0.373 e. The predicted molar refractivity (Wildman–Crippen MR) is 114 cm³/mol. The molecule has 0 radical (unpaired) electrons. The Hall–Kier alpha value is -3.23. The van der Waals surface area contributed by atoms with Crippen LogP contribution in [0.5, 0.6) is 0 Å². The standard InChI is InChI=1S/C20H22F3N7O4/c1-28-2-3-33-11(6-28)9-34-15-8-29(10-20(15,22)23)17-12-7-30(27-16(12)13(21)4-24-17)14-5-25-19(32)26-18(14)31/h4-5,7,11,15H,2-3,6,8-10H2,1H3,(H2,25,26,31,32). The van der Waals surface area contributed by atoms with E-state index in [2.05, 4.69) is 20.1 Å². The van der Waals surface area contributed by atoms with E-state index in [0.29, 0.717) is 13.2 Å². The van der Waals surface area contributed by atoms with Crippen LogP contribution in [0.25, 0.3) is 16.6 Å². The number of H-pyrrole nitrogens is 2. The lowest BCUT2D eigenvalue weighted by Crippen LogP contribution is -2.44. The van der Waals surface area contributed by atoms with Crippen molar-refractivity contribution in [3.05, 3.63) is 45.2 Å². The van der Waals surface area contributed by atoms with Crippen molar-refractivity contribution in [1.82, 2.24) is 29.6 Å². The lowest BCUT2D eigenvalue weighted by molar-refractivity contribution is -0.136. The number of alkyl halides is 2. The third kappa shape index (κ3) is 4.19. The number of pyridine rings is 1. The molecule has 0 aromatic carbocycles. The van der Waals surface area contributed by atoms with Crippen molar-refractivity contribution in [3.63, 3.8) is 0 Å². The first-order valence-electron chi connectivity index (χ1n) is 10.6. The number of aromatic amines is 2. The lowest BCUT2D eigenvalue weighted by Gasteiger charge is -2.31. The summed E-state index contributed by atoms with van der Waals surface area (Å²) in [6, 6.07) is 0. The summed E-state index contributed by atoms with van der Waals surface area (Å²) < 4.78 is 56.2. The molecule has 0 aliphatic carbocycles. The van der Waals surface area contributed by atoms with E-state index in [1.807, 2.05) is 11.9 Å². The molecule has 34 heavy (non-hydrogen) atoms. The van der Waals surface area contributed by atoms with Gasteiger partial charge in [-0.15, -0.1) is 0 Å². The highest BCUT2D eigenvalue weighted by molar-refractivity contribution is 5.90. The zero-order valence-corrected chi connectivity index (χ0v) is 18.1. The van der Waals surface area contributed by atoms with Gasteiger partial charge in [0.2, 0.25) is 0 Å². The van der Waals surface area contributed by atoms with Gasteiger partial charge in [-0.3, -0.25) is 9.78 Å². The van der Waals surface area contributed by atoms with Crippen LogP contribution in [-0.2, 0) is 9.47 Å². The number of anilines is 1. The van der Waals surface area contributed by atoms with Crippen LogP contribution in [0.3, 0.4) is 0 Å². The summed E-state index contributed by atoms with van der Waals surface area (Å²) in [6.07, 6.45) is 1.62. The summed E-state index contributed by atoms with van der Waals surface area (Å²) in [4.78, 5) is 35.1. The number of fused-ring (bicyclic) bond motifs is 1. The summed E-state index contributed by atoms with van der Waals surface area (Å²) in [6.45, 7) is 1.05. The summed E-state index contributed by atoms with van der Waals surface area (Å²) in [5, 5.41) is 4.20. The van der Waals surface area contributed by atoms with Gasteiger partial charge in [0.15, 0.2) is 5.82 Å². The third-order valence-electron chi connectivity index (χ3n) is 5.91. The number of morpholine rings is 1. The molecule has 3 aromatic heterocycles. The number of hydrogen-bond donors (Lipinski definition) is 2. The first-order chi connectivity index (χ1) is 16.2. The van der Waals surface area contributed by atoms with E-state index in [1.165, 1.54) is 11.1 Å². The summed E-state index contributed by atoms with van der Waals surface area (Å²) in [7, 11) is 1.92. The average Bonchev–Trinajstić information content (AvgIpc) is 3.34.